The molecule has 80 valence electrons. The van der Waals surface area contributed by atoms with Crippen LogP contribution in [0.25, 0.3) is 0 Å². The molecule has 0 saturated heterocycles. The molecule has 0 radical (unpaired) electrons. The molecule has 1 unspecified atom stereocenters. The number of carbonyl (C=O) groups excluding carboxylic acids is 1. The van der Waals surface area contributed by atoms with Gasteiger partial charge in [0.05, 0.1) is 0 Å². The lowest BCUT2D eigenvalue weighted by molar-refractivity contribution is -0.120. The number of nitrogens with one attached hydrogen (secondary N) is 1. The Morgan fingerprint density at radius 3 is 2.23 bits per heavy atom. The van der Waals surface area contributed by atoms with Gasteiger partial charge in [-0.2, -0.15) is 0 Å². The predicted octanol–water partition coefficient (Wildman–Crippen LogP) is 2.63. The molecule has 0 saturated carbocycles. The standard InChI is InChI=1S/C9H19NO.C2H6/c1-8(9(2)11)6-4-5-7-10-3;1-2/h8,10H,4-7H2,1-3H3;1-2H3. The van der Waals surface area contributed by atoms with Crippen molar-refractivity contribution >= 4 is 5.78 Å². The average Bonchev–Trinajstić information content (AvgIpc) is 2.15. The molecule has 0 spiro atoms. The zero-order chi connectivity index (χ0) is 10.7. The van der Waals surface area contributed by atoms with E-state index in [2.05, 4.69) is 5.32 Å². The Balaban J connectivity index is 0. The van der Waals surface area contributed by atoms with E-state index in [1.807, 2.05) is 27.8 Å². The fourth-order valence-electron chi connectivity index (χ4n) is 0.956. The molecule has 0 amide bonds. The van der Waals surface area contributed by atoms with E-state index < -0.39 is 0 Å². The summed E-state index contributed by atoms with van der Waals surface area (Å²) in [7, 11) is 1.95. The van der Waals surface area contributed by atoms with Crippen LogP contribution in [-0.2, 0) is 4.79 Å². The van der Waals surface area contributed by atoms with Gasteiger partial charge in [0.15, 0.2) is 0 Å². The lowest BCUT2D eigenvalue weighted by atomic mass is 10.0. The molecule has 0 fully saturated rings. The Morgan fingerprint density at radius 2 is 1.85 bits per heavy atom. The van der Waals surface area contributed by atoms with Gasteiger partial charge in [0.1, 0.15) is 5.78 Å². The van der Waals surface area contributed by atoms with Crippen LogP contribution in [0, 0.1) is 5.92 Å². The largest absolute Gasteiger partial charge is 0.320 e. The summed E-state index contributed by atoms with van der Waals surface area (Å²) in [5.41, 5.74) is 0. The molecule has 1 atom stereocenters. The van der Waals surface area contributed by atoms with E-state index in [4.69, 9.17) is 0 Å². The van der Waals surface area contributed by atoms with Crippen LogP contribution >= 0.6 is 0 Å². The van der Waals surface area contributed by atoms with E-state index in [9.17, 15) is 4.79 Å². The van der Waals surface area contributed by atoms with Crippen molar-refractivity contribution in [1.82, 2.24) is 5.32 Å². The van der Waals surface area contributed by atoms with Crippen molar-refractivity contribution in [3.8, 4) is 0 Å². The van der Waals surface area contributed by atoms with Crippen LogP contribution in [0.2, 0.25) is 0 Å². The third-order valence-electron chi connectivity index (χ3n) is 2.01. The third kappa shape index (κ3) is 11.6. The van der Waals surface area contributed by atoms with Crippen molar-refractivity contribution in [2.75, 3.05) is 13.6 Å². The Morgan fingerprint density at radius 1 is 1.31 bits per heavy atom. The first kappa shape index (κ1) is 15.1. The summed E-state index contributed by atoms with van der Waals surface area (Å²) in [6.45, 7) is 8.73. The molecule has 0 aromatic rings. The van der Waals surface area contributed by atoms with E-state index in [0.29, 0.717) is 5.78 Å². The maximum atomic E-state index is 10.8. The van der Waals surface area contributed by atoms with Crippen molar-refractivity contribution in [3.63, 3.8) is 0 Å². The lowest BCUT2D eigenvalue weighted by Crippen LogP contribution is -2.10. The van der Waals surface area contributed by atoms with Crippen LogP contribution in [0.5, 0.6) is 0 Å². The first-order chi connectivity index (χ1) is 6.18. The maximum absolute atomic E-state index is 10.8. The first-order valence-electron chi connectivity index (χ1n) is 5.33. The number of carbonyl (C=O) groups is 1. The van der Waals surface area contributed by atoms with Gasteiger partial charge < -0.3 is 5.32 Å². The Labute approximate surface area is 83.1 Å². The molecular formula is C11H25NO. The van der Waals surface area contributed by atoms with Crippen LogP contribution in [-0.4, -0.2) is 19.4 Å². The molecule has 0 aliphatic carbocycles. The summed E-state index contributed by atoms with van der Waals surface area (Å²) in [5.74, 6) is 0.571. The third-order valence-corrected chi connectivity index (χ3v) is 2.01. The van der Waals surface area contributed by atoms with Gasteiger partial charge >= 0.3 is 0 Å². The fourth-order valence-corrected chi connectivity index (χ4v) is 0.956. The van der Waals surface area contributed by atoms with Gasteiger partial charge in [-0.05, 0) is 33.4 Å². The fraction of sp³-hybridized carbons (Fsp3) is 0.909. The molecular weight excluding hydrogens is 162 g/mol. The highest BCUT2D eigenvalue weighted by molar-refractivity contribution is 5.77. The second kappa shape index (κ2) is 11.6. The SMILES string of the molecule is CC.CNCCCCC(C)C(C)=O. The smallest absolute Gasteiger partial charge is 0.132 e. The molecule has 0 heterocycles. The van der Waals surface area contributed by atoms with E-state index in [-0.39, 0.29) is 5.92 Å². The number of Topliss-reactive ketones (excluding diaryl/α,β-unsaturated/α-hetero) is 1. The Hall–Kier alpha value is -0.370. The minimum Gasteiger partial charge on any atom is -0.320 e. The monoisotopic (exact) mass is 187 g/mol. The van der Waals surface area contributed by atoms with E-state index in [0.717, 1.165) is 19.4 Å². The number of ketones is 1. The van der Waals surface area contributed by atoms with Crippen LogP contribution in [0.1, 0.15) is 47.0 Å². The second-order valence-electron chi connectivity index (χ2n) is 3.11. The molecule has 13 heavy (non-hydrogen) atoms. The highest BCUT2D eigenvalue weighted by Gasteiger charge is 2.05. The molecule has 0 aliphatic rings. The van der Waals surface area contributed by atoms with Crippen molar-refractivity contribution in [2.24, 2.45) is 5.92 Å². The molecule has 1 N–H and O–H groups in total. The van der Waals surface area contributed by atoms with Crippen LogP contribution in [0.4, 0.5) is 0 Å². The lowest BCUT2D eigenvalue weighted by Gasteiger charge is -2.05. The maximum Gasteiger partial charge on any atom is 0.132 e. The molecule has 0 aliphatic heterocycles. The van der Waals surface area contributed by atoms with Crippen molar-refractivity contribution in [2.45, 2.75) is 47.0 Å². The van der Waals surface area contributed by atoms with E-state index in [1.54, 1.807) is 6.92 Å². The number of unbranched alkanes of at least 4 members (excludes halogenated alkanes) is 1. The van der Waals surface area contributed by atoms with Gasteiger partial charge in [0.2, 0.25) is 0 Å². The molecule has 0 bridgehead atoms. The van der Waals surface area contributed by atoms with Crippen molar-refractivity contribution in [3.05, 3.63) is 0 Å². The topological polar surface area (TPSA) is 29.1 Å². The number of hydrogen-bond acceptors (Lipinski definition) is 2. The van der Waals surface area contributed by atoms with Crippen LogP contribution in [0.15, 0.2) is 0 Å². The first-order valence-corrected chi connectivity index (χ1v) is 5.33. The molecule has 0 aromatic carbocycles. The molecule has 0 rings (SSSR count). The summed E-state index contributed by atoms with van der Waals surface area (Å²) < 4.78 is 0. The van der Waals surface area contributed by atoms with Crippen LogP contribution in [0.3, 0.4) is 0 Å². The summed E-state index contributed by atoms with van der Waals surface area (Å²) >= 11 is 0. The van der Waals surface area contributed by atoms with Gasteiger partial charge in [0.25, 0.3) is 0 Å². The van der Waals surface area contributed by atoms with E-state index in [1.165, 1.54) is 6.42 Å². The minimum atomic E-state index is 0.256. The van der Waals surface area contributed by atoms with Gasteiger partial charge in [-0.1, -0.05) is 27.2 Å². The summed E-state index contributed by atoms with van der Waals surface area (Å²) in [6.07, 6.45) is 3.37. The van der Waals surface area contributed by atoms with Gasteiger partial charge in [-0.15, -0.1) is 0 Å². The van der Waals surface area contributed by atoms with Crippen LogP contribution < -0.4 is 5.32 Å². The number of hydrogen-bond donors (Lipinski definition) is 1. The van der Waals surface area contributed by atoms with E-state index >= 15 is 0 Å². The zero-order valence-electron chi connectivity index (χ0n) is 9.81. The minimum absolute atomic E-state index is 0.256. The summed E-state index contributed by atoms with van der Waals surface area (Å²) in [4.78, 5) is 10.8. The van der Waals surface area contributed by atoms with Gasteiger partial charge in [-0.25, -0.2) is 0 Å². The Kier molecular flexibility index (Phi) is 13.5. The quantitative estimate of drug-likeness (QED) is 0.648. The Bertz CT molecular complexity index is 113. The second-order valence-corrected chi connectivity index (χ2v) is 3.11. The summed E-state index contributed by atoms with van der Waals surface area (Å²) in [5, 5.41) is 3.09. The number of rotatable bonds is 6. The highest BCUT2D eigenvalue weighted by atomic mass is 16.1. The normalized spacial score (nSPS) is 11.5. The molecule has 0 aromatic heterocycles. The summed E-state index contributed by atoms with van der Waals surface area (Å²) in [6, 6.07) is 0. The molecule has 2 nitrogen and oxygen atoms in total. The van der Waals surface area contributed by atoms with Gasteiger partial charge in [-0.3, -0.25) is 4.79 Å². The zero-order valence-corrected chi connectivity index (χ0v) is 9.81. The predicted molar refractivity (Wildman–Crippen MR) is 59.0 cm³/mol. The van der Waals surface area contributed by atoms with Crippen molar-refractivity contribution in [1.29, 1.82) is 0 Å². The molecule has 2 heteroatoms. The highest BCUT2D eigenvalue weighted by Crippen LogP contribution is 2.07. The average molecular weight is 187 g/mol. The van der Waals surface area contributed by atoms with Crippen molar-refractivity contribution < 1.29 is 4.79 Å². The van der Waals surface area contributed by atoms with Gasteiger partial charge in [0, 0.05) is 5.92 Å².